The summed E-state index contributed by atoms with van der Waals surface area (Å²) >= 11 is 0. The number of rotatable bonds is 3. The smallest absolute Gasteiger partial charge is 0.0945 e. The van der Waals surface area contributed by atoms with Gasteiger partial charge in [0, 0.05) is 57.0 Å². The molecule has 6 nitrogen and oxygen atoms in total. The van der Waals surface area contributed by atoms with Crippen LogP contribution in [0.3, 0.4) is 0 Å². The van der Waals surface area contributed by atoms with Gasteiger partial charge in [0.15, 0.2) is 0 Å². The molecular weight excluding hydrogens is 290 g/mol. The van der Waals surface area contributed by atoms with Gasteiger partial charge in [0.05, 0.1) is 30.8 Å². The summed E-state index contributed by atoms with van der Waals surface area (Å²) in [7, 11) is 2.05. The maximum Gasteiger partial charge on any atom is 0.0945 e. The molecule has 122 valence electrons. The number of fused-ring (bicyclic) bond motifs is 1. The number of ether oxygens (including phenoxy) is 1. The van der Waals surface area contributed by atoms with Gasteiger partial charge >= 0.3 is 0 Å². The van der Waals surface area contributed by atoms with E-state index in [9.17, 15) is 0 Å². The predicted molar refractivity (Wildman–Crippen MR) is 88.3 cm³/mol. The molecule has 0 unspecified atom stereocenters. The molecule has 23 heavy (non-hydrogen) atoms. The van der Waals surface area contributed by atoms with E-state index in [1.807, 2.05) is 32.7 Å². The average Bonchev–Trinajstić information content (AvgIpc) is 3.13. The van der Waals surface area contributed by atoms with E-state index < -0.39 is 0 Å². The Morgan fingerprint density at radius 2 is 2.26 bits per heavy atom. The highest BCUT2D eigenvalue weighted by Gasteiger charge is 2.40. The first-order valence-corrected chi connectivity index (χ1v) is 8.19. The molecule has 2 aromatic heterocycles. The molecule has 0 amide bonds. The van der Waals surface area contributed by atoms with Crippen LogP contribution in [0.1, 0.15) is 11.4 Å². The van der Waals surface area contributed by atoms with Crippen LogP contribution in [-0.2, 0) is 18.3 Å². The standard InChI is InChI=1S/C17H23N5O/c1-13-7-14(3-4-19-13)22-5-6-23-17-11-21(10-16(17)22)9-15-8-18-12-20(15)2/h3-4,7-8,12,16-17H,5-6,9-11H2,1-2H3/t16-,17-/m0/s1. The minimum Gasteiger partial charge on any atom is -0.373 e. The summed E-state index contributed by atoms with van der Waals surface area (Å²) in [5.41, 5.74) is 3.57. The van der Waals surface area contributed by atoms with Crippen LogP contribution in [0.5, 0.6) is 0 Å². The molecule has 2 atom stereocenters. The van der Waals surface area contributed by atoms with E-state index in [-0.39, 0.29) is 6.10 Å². The van der Waals surface area contributed by atoms with Crippen LogP contribution in [0.25, 0.3) is 0 Å². The Bertz CT molecular complexity index is 685. The lowest BCUT2D eigenvalue weighted by Crippen LogP contribution is -2.51. The molecule has 0 spiro atoms. The molecule has 6 heteroatoms. The van der Waals surface area contributed by atoms with Crippen LogP contribution in [0.2, 0.25) is 0 Å². The number of likely N-dealkylation sites (tertiary alicyclic amines) is 1. The summed E-state index contributed by atoms with van der Waals surface area (Å²) < 4.78 is 8.13. The minimum absolute atomic E-state index is 0.283. The number of aromatic nitrogens is 3. The van der Waals surface area contributed by atoms with Gasteiger partial charge in [0.2, 0.25) is 0 Å². The summed E-state index contributed by atoms with van der Waals surface area (Å²) in [5, 5.41) is 0. The fourth-order valence-electron chi connectivity index (χ4n) is 3.69. The van der Waals surface area contributed by atoms with Crippen molar-refractivity contribution in [2.45, 2.75) is 25.6 Å². The van der Waals surface area contributed by atoms with Crippen molar-refractivity contribution in [3.05, 3.63) is 42.2 Å². The summed E-state index contributed by atoms with van der Waals surface area (Å²) in [6, 6.07) is 4.70. The highest BCUT2D eigenvalue weighted by Crippen LogP contribution is 2.28. The van der Waals surface area contributed by atoms with Gasteiger partial charge in [0.25, 0.3) is 0 Å². The van der Waals surface area contributed by atoms with Crippen LogP contribution in [0.4, 0.5) is 5.69 Å². The number of hydrogen-bond acceptors (Lipinski definition) is 5. The Hall–Kier alpha value is -1.92. The van der Waals surface area contributed by atoms with Crippen LogP contribution in [-0.4, -0.2) is 57.8 Å². The predicted octanol–water partition coefficient (Wildman–Crippen LogP) is 1.21. The van der Waals surface area contributed by atoms with E-state index in [0.717, 1.165) is 38.5 Å². The zero-order valence-corrected chi connectivity index (χ0v) is 13.7. The van der Waals surface area contributed by atoms with Gasteiger partial charge in [0.1, 0.15) is 0 Å². The number of nitrogens with zero attached hydrogens (tertiary/aromatic N) is 5. The van der Waals surface area contributed by atoms with Crippen molar-refractivity contribution in [3.63, 3.8) is 0 Å². The van der Waals surface area contributed by atoms with E-state index >= 15 is 0 Å². The third kappa shape index (κ3) is 2.84. The Balaban J connectivity index is 1.51. The van der Waals surface area contributed by atoms with Gasteiger partial charge < -0.3 is 14.2 Å². The van der Waals surface area contributed by atoms with Crippen LogP contribution in [0, 0.1) is 6.92 Å². The van der Waals surface area contributed by atoms with Crippen molar-refractivity contribution >= 4 is 5.69 Å². The molecule has 2 aliphatic heterocycles. The summed E-state index contributed by atoms with van der Waals surface area (Å²) in [4.78, 5) is 13.5. The van der Waals surface area contributed by atoms with Gasteiger partial charge in [-0.15, -0.1) is 0 Å². The maximum absolute atomic E-state index is 6.04. The number of aryl methyl sites for hydroxylation is 2. The van der Waals surface area contributed by atoms with Crippen molar-refractivity contribution in [2.24, 2.45) is 7.05 Å². The summed E-state index contributed by atoms with van der Waals surface area (Å²) in [5.74, 6) is 0. The van der Waals surface area contributed by atoms with Crippen LogP contribution < -0.4 is 4.90 Å². The second kappa shape index (κ2) is 5.94. The third-order valence-electron chi connectivity index (χ3n) is 4.89. The zero-order chi connectivity index (χ0) is 15.8. The van der Waals surface area contributed by atoms with Crippen LogP contribution >= 0.6 is 0 Å². The number of imidazole rings is 1. The topological polar surface area (TPSA) is 46.4 Å². The Morgan fingerprint density at radius 3 is 3.04 bits per heavy atom. The first-order valence-electron chi connectivity index (χ1n) is 8.19. The van der Waals surface area contributed by atoms with Gasteiger partial charge in [-0.05, 0) is 19.1 Å². The Kier molecular flexibility index (Phi) is 3.79. The average molecular weight is 313 g/mol. The molecular formula is C17H23N5O. The number of anilines is 1. The molecule has 2 aliphatic rings. The first-order chi connectivity index (χ1) is 11.2. The molecule has 4 rings (SSSR count). The lowest BCUT2D eigenvalue weighted by Gasteiger charge is -2.38. The zero-order valence-electron chi connectivity index (χ0n) is 13.7. The van der Waals surface area contributed by atoms with Crippen molar-refractivity contribution in [2.75, 3.05) is 31.1 Å². The van der Waals surface area contributed by atoms with E-state index in [1.54, 1.807) is 0 Å². The summed E-state index contributed by atoms with van der Waals surface area (Å²) in [6.07, 6.45) is 6.00. The van der Waals surface area contributed by atoms with E-state index in [4.69, 9.17) is 4.74 Å². The largest absolute Gasteiger partial charge is 0.373 e. The van der Waals surface area contributed by atoms with Gasteiger partial charge in [-0.3, -0.25) is 9.88 Å². The number of pyridine rings is 1. The van der Waals surface area contributed by atoms with Crippen molar-refractivity contribution < 1.29 is 4.74 Å². The molecule has 0 saturated carbocycles. The third-order valence-corrected chi connectivity index (χ3v) is 4.89. The molecule has 4 heterocycles. The molecule has 0 aromatic carbocycles. The molecule has 0 aliphatic carbocycles. The fraction of sp³-hybridized carbons (Fsp3) is 0.529. The minimum atomic E-state index is 0.283. The molecule has 0 bridgehead atoms. The number of morpholine rings is 1. The second-order valence-electron chi connectivity index (χ2n) is 6.52. The van der Waals surface area contributed by atoms with Gasteiger partial charge in [-0.1, -0.05) is 0 Å². The summed E-state index contributed by atoms with van der Waals surface area (Å²) in [6.45, 7) is 6.72. The quantitative estimate of drug-likeness (QED) is 0.852. The highest BCUT2D eigenvalue weighted by atomic mass is 16.5. The Morgan fingerprint density at radius 1 is 1.35 bits per heavy atom. The molecule has 2 fully saturated rings. The monoisotopic (exact) mass is 313 g/mol. The first kappa shape index (κ1) is 14.7. The fourth-order valence-corrected chi connectivity index (χ4v) is 3.69. The number of hydrogen-bond donors (Lipinski definition) is 0. The highest BCUT2D eigenvalue weighted by molar-refractivity contribution is 5.48. The molecule has 2 saturated heterocycles. The molecule has 0 radical (unpaired) electrons. The van der Waals surface area contributed by atoms with E-state index in [1.165, 1.54) is 11.4 Å². The molecule has 0 N–H and O–H groups in total. The molecule has 2 aromatic rings. The maximum atomic E-state index is 6.04. The SMILES string of the molecule is Cc1cc(N2CCO[C@H]3CN(Cc4cncn4C)C[C@@H]32)ccn1. The lowest BCUT2D eigenvalue weighted by molar-refractivity contribution is 0.0305. The lowest BCUT2D eigenvalue weighted by atomic mass is 10.1. The second-order valence-corrected chi connectivity index (χ2v) is 6.52. The normalized spacial score (nSPS) is 24.9. The van der Waals surface area contributed by atoms with E-state index in [0.29, 0.717) is 6.04 Å². The van der Waals surface area contributed by atoms with Crippen LogP contribution in [0.15, 0.2) is 30.9 Å². The van der Waals surface area contributed by atoms with E-state index in [2.05, 4.69) is 36.5 Å². The Labute approximate surface area is 136 Å². The van der Waals surface area contributed by atoms with Crippen molar-refractivity contribution in [3.8, 4) is 0 Å². The van der Waals surface area contributed by atoms with Crippen molar-refractivity contribution in [1.82, 2.24) is 19.4 Å². The van der Waals surface area contributed by atoms with Crippen molar-refractivity contribution in [1.29, 1.82) is 0 Å². The van der Waals surface area contributed by atoms with Gasteiger partial charge in [-0.2, -0.15) is 0 Å². The van der Waals surface area contributed by atoms with Gasteiger partial charge in [-0.25, -0.2) is 4.98 Å².